The number of ether oxygens (including phenoxy) is 1. The zero-order valence-electron chi connectivity index (χ0n) is 16.5. The minimum Gasteiger partial charge on any atom is -0.477 e. The summed E-state index contributed by atoms with van der Waals surface area (Å²) in [5, 5.41) is 18.2. The summed E-state index contributed by atoms with van der Waals surface area (Å²) in [5.41, 5.74) is 1.07. The van der Waals surface area contributed by atoms with Gasteiger partial charge in [-0.15, -0.1) is 11.3 Å². The van der Waals surface area contributed by atoms with Crippen LogP contribution < -0.4 is 15.4 Å². The van der Waals surface area contributed by atoms with E-state index in [4.69, 9.17) is 4.74 Å². The molecule has 1 saturated carbocycles. The van der Waals surface area contributed by atoms with Gasteiger partial charge in [-0.25, -0.2) is 4.98 Å². The van der Waals surface area contributed by atoms with Crippen LogP contribution >= 0.6 is 11.3 Å². The molecule has 3 aromatic rings. The Morgan fingerprint density at radius 2 is 2.14 bits per heavy atom. The van der Waals surface area contributed by atoms with E-state index in [0.717, 1.165) is 22.4 Å². The van der Waals surface area contributed by atoms with Crippen LogP contribution in [0.4, 0.5) is 0 Å². The molecule has 1 fully saturated rings. The zero-order chi connectivity index (χ0) is 20.1. The third kappa shape index (κ3) is 5.46. The molecule has 1 unspecified atom stereocenters. The van der Waals surface area contributed by atoms with E-state index < -0.39 is 6.10 Å². The van der Waals surface area contributed by atoms with E-state index in [9.17, 15) is 5.11 Å². The molecule has 3 N–H and O–H groups in total. The molecule has 0 saturated heterocycles. The maximum absolute atomic E-state index is 10.5. The fourth-order valence-electron chi connectivity index (χ4n) is 2.99. The summed E-state index contributed by atoms with van der Waals surface area (Å²) in [6.07, 6.45) is 3.70. The maximum Gasteiger partial charge on any atom is 0.213 e. The highest BCUT2D eigenvalue weighted by Gasteiger charge is 2.22. The second-order valence-corrected chi connectivity index (χ2v) is 8.38. The number of benzene rings is 1. The van der Waals surface area contributed by atoms with Gasteiger partial charge in [-0.1, -0.05) is 18.2 Å². The first kappa shape index (κ1) is 19.7. The predicted octanol–water partition coefficient (Wildman–Crippen LogP) is 3.48. The number of hydrogen-bond donors (Lipinski definition) is 3. The van der Waals surface area contributed by atoms with Gasteiger partial charge in [0.15, 0.2) is 5.96 Å². The number of thiophene rings is 1. The van der Waals surface area contributed by atoms with Crippen molar-refractivity contribution in [2.75, 3.05) is 20.2 Å². The third-order valence-corrected chi connectivity index (χ3v) is 6.10. The molecule has 1 aliphatic carbocycles. The summed E-state index contributed by atoms with van der Waals surface area (Å²) in [6, 6.07) is 14.1. The van der Waals surface area contributed by atoms with E-state index in [1.807, 2.05) is 30.3 Å². The topological polar surface area (TPSA) is 78.8 Å². The average molecular weight is 411 g/mol. The second kappa shape index (κ2) is 9.24. The average Bonchev–Trinajstić information content (AvgIpc) is 3.48. The fourth-order valence-corrected chi connectivity index (χ4v) is 4.04. The van der Waals surface area contributed by atoms with Crippen molar-refractivity contribution in [1.82, 2.24) is 15.6 Å². The van der Waals surface area contributed by atoms with Crippen molar-refractivity contribution in [3.8, 4) is 5.88 Å². The number of pyridine rings is 1. The van der Waals surface area contributed by atoms with Crippen LogP contribution in [0.2, 0.25) is 0 Å². The van der Waals surface area contributed by atoms with E-state index in [1.165, 1.54) is 17.5 Å². The number of rotatable bonds is 8. The van der Waals surface area contributed by atoms with Crippen molar-refractivity contribution in [3.63, 3.8) is 0 Å². The number of nitrogens with one attached hydrogen (secondary N) is 2. The zero-order valence-corrected chi connectivity index (χ0v) is 17.3. The van der Waals surface area contributed by atoms with Crippen LogP contribution in [0, 0.1) is 5.92 Å². The quantitative estimate of drug-likeness (QED) is 0.391. The van der Waals surface area contributed by atoms with Crippen molar-refractivity contribution in [3.05, 3.63) is 59.1 Å². The fraction of sp³-hybridized carbons (Fsp3) is 0.364. The molecule has 0 amide bonds. The number of hydrogen-bond acceptors (Lipinski definition) is 5. The first-order valence-electron chi connectivity index (χ1n) is 9.90. The lowest BCUT2D eigenvalue weighted by Crippen LogP contribution is -2.38. The number of guanidine groups is 1. The molecule has 1 aromatic carbocycles. The summed E-state index contributed by atoms with van der Waals surface area (Å²) in [4.78, 5) is 9.46. The molecule has 29 heavy (non-hydrogen) atoms. The van der Waals surface area contributed by atoms with Gasteiger partial charge in [0.1, 0.15) is 6.10 Å². The van der Waals surface area contributed by atoms with Crippen molar-refractivity contribution in [2.45, 2.75) is 25.5 Å². The molecule has 7 heteroatoms. The van der Waals surface area contributed by atoms with Crippen LogP contribution in [0.5, 0.6) is 5.88 Å². The van der Waals surface area contributed by atoms with E-state index in [0.29, 0.717) is 30.8 Å². The summed E-state index contributed by atoms with van der Waals surface area (Å²) < 4.78 is 6.92. The van der Waals surface area contributed by atoms with E-state index in [2.05, 4.69) is 32.7 Å². The van der Waals surface area contributed by atoms with Crippen LogP contribution in [0.25, 0.3) is 10.1 Å². The minimum atomic E-state index is -0.589. The third-order valence-electron chi connectivity index (χ3n) is 4.88. The first-order chi connectivity index (χ1) is 14.2. The highest BCUT2D eigenvalue weighted by molar-refractivity contribution is 7.19. The molecular weight excluding hydrogens is 384 g/mol. The number of aliphatic hydroxyl groups excluding tert-OH is 1. The monoisotopic (exact) mass is 410 g/mol. The normalized spacial score (nSPS) is 15.3. The molecule has 0 bridgehead atoms. The molecular formula is C22H26N4O2S. The summed E-state index contributed by atoms with van der Waals surface area (Å²) in [7, 11) is 1.72. The Morgan fingerprint density at radius 3 is 2.93 bits per heavy atom. The maximum atomic E-state index is 10.5. The summed E-state index contributed by atoms with van der Waals surface area (Å²) >= 11 is 1.62. The van der Waals surface area contributed by atoms with Crippen LogP contribution in [-0.2, 0) is 6.54 Å². The number of aliphatic hydroxyl groups is 1. The largest absolute Gasteiger partial charge is 0.477 e. The molecule has 2 aromatic heterocycles. The van der Waals surface area contributed by atoms with Crippen LogP contribution in [0.3, 0.4) is 0 Å². The Morgan fingerprint density at radius 1 is 1.28 bits per heavy atom. The predicted molar refractivity (Wildman–Crippen MR) is 117 cm³/mol. The molecule has 6 nitrogen and oxygen atoms in total. The lowest BCUT2D eigenvalue weighted by Gasteiger charge is -2.15. The highest BCUT2D eigenvalue weighted by Crippen LogP contribution is 2.30. The molecule has 1 aliphatic rings. The second-order valence-electron chi connectivity index (χ2n) is 7.27. The smallest absolute Gasteiger partial charge is 0.213 e. The molecule has 152 valence electrons. The SMILES string of the molecule is CN=C(NCc1ccnc(OCC2CC2)c1)NCC(O)c1cc2ccccc2s1. The Bertz CT molecular complexity index is 951. The van der Waals surface area contributed by atoms with Crippen molar-refractivity contribution in [1.29, 1.82) is 0 Å². The van der Waals surface area contributed by atoms with Crippen LogP contribution in [0.1, 0.15) is 29.4 Å². The standard InChI is InChI=1S/C22H26N4O2S/c1-23-22(25-12-16-8-9-24-21(10-16)28-14-15-6-7-15)26-13-18(27)20-11-17-4-2-3-5-19(17)29-20/h2-5,8-11,15,18,27H,6-7,12-14H2,1H3,(H2,23,25,26). The van der Waals surface area contributed by atoms with Crippen LogP contribution in [-0.4, -0.2) is 36.2 Å². The van der Waals surface area contributed by atoms with Gasteiger partial charge in [0.05, 0.1) is 6.61 Å². The summed E-state index contributed by atoms with van der Waals surface area (Å²) in [6.45, 7) is 1.74. The van der Waals surface area contributed by atoms with Gasteiger partial charge in [-0.2, -0.15) is 0 Å². The Hall–Kier alpha value is -2.64. The Balaban J connectivity index is 1.27. The lowest BCUT2D eigenvalue weighted by molar-refractivity contribution is 0.184. The van der Waals surface area contributed by atoms with Gasteiger partial charge < -0.3 is 20.5 Å². The van der Waals surface area contributed by atoms with Gasteiger partial charge in [-0.3, -0.25) is 4.99 Å². The van der Waals surface area contributed by atoms with Gasteiger partial charge in [0.2, 0.25) is 5.88 Å². The molecule has 0 aliphatic heterocycles. The van der Waals surface area contributed by atoms with Gasteiger partial charge in [0.25, 0.3) is 0 Å². The van der Waals surface area contributed by atoms with Crippen molar-refractivity contribution < 1.29 is 9.84 Å². The molecule has 0 radical (unpaired) electrons. The number of nitrogens with zero attached hydrogens (tertiary/aromatic N) is 2. The Kier molecular flexibility index (Phi) is 6.27. The van der Waals surface area contributed by atoms with Crippen molar-refractivity contribution in [2.24, 2.45) is 10.9 Å². The summed E-state index contributed by atoms with van der Waals surface area (Å²) in [5.74, 6) is 2.01. The van der Waals surface area contributed by atoms with Gasteiger partial charge in [0, 0.05) is 42.0 Å². The molecule has 2 heterocycles. The van der Waals surface area contributed by atoms with Crippen molar-refractivity contribution >= 4 is 27.4 Å². The number of fused-ring (bicyclic) bond motifs is 1. The van der Waals surface area contributed by atoms with E-state index in [1.54, 1.807) is 24.6 Å². The van der Waals surface area contributed by atoms with Gasteiger partial charge >= 0.3 is 0 Å². The van der Waals surface area contributed by atoms with Crippen LogP contribution in [0.15, 0.2) is 53.7 Å². The number of aliphatic imine (C=N–C) groups is 1. The molecule has 0 spiro atoms. The molecule has 1 atom stereocenters. The number of aromatic nitrogens is 1. The van der Waals surface area contributed by atoms with E-state index >= 15 is 0 Å². The minimum absolute atomic E-state index is 0.387. The first-order valence-corrected chi connectivity index (χ1v) is 10.7. The highest BCUT2D eigenvalue weighted by atomic mass is 32.1. The van der Waals surface area contributed by atoms with E-state index in [-0.39, 0.29) is 0 Å². The Labute approximate surface area is 174 Å². The molecule has 4 rings (SSSR count). The lowest BCUT2D eigenvalue weighted by atomic mass is 10.2. The van der Waals surface area contributed by atoms with Gasteiger partial charge in [-0.05, 0) is 47.9 Å².